The van der Waals surface area contributed by atoms with Crippen molar-refractivity contribution in [1.29, 1.82) is 0 Å². The van der Waals surface area contributed by atoms with Crippen LogP contribution in [-0.4, -0.2) is 53.8 Å². The Labute approximate surface area is 129 Å². The zero-order chi connectivity index (χ0) is 15.8. The van der Waals surface area contributed by atoms with Crippen LogP contribution in [0.4, 0.5) is 16.2 Å². The first-order valence-corrected chi connectivity index (χ1v) is 7.21. The van der Waals surface area contributed by atoms with Gasteiger partial charge < -0.3 is 15.5 Å². The van der Waals surface area contributed by atoms with Crippen LogP contribution in [0.15, 0.2) is 30.5 Å². The zero-order valence-electron chi connectivity index (χ0n) is 12.9. The molecule has 2 rings (SSSR count). The first-order valence-electron chi connectivity index (χ1n) is 7.21. The van der Waals surface area contributed by atoms with Gasteiger partial charge in [-0.05, 0) is 32.1 Å². The average molecular weight is 304 g/mol. The second-order valence-corrected chi connectivity index (χ2v) is 5.16. The van der Waals surface area contributed by atoms with Crippen molar-refractivity contribution in [3.63, 3.8) is 0 Å². The molecule has 0 aliphatic heterocycles. The molecule has 0 radical (unpaired) electrons. The van der Waals surface area contributed by atoms with E-state index < -0.39 is 0 Å². The number of nitrogens with one attached hydrogen (secondary N) is 2. The van der Waals surface area contributed by atoms with Gasteiger partial charge in [0.2, 0.25) is 5.95 Å². The molecule has 0 amide bonds. The van der Waals surface area contributed by atoms with Crippen molar-refractivity contribution in [2.45, 2.75) is 6.42 Å². The van der Waals surface area contributed by atoms with Crippen LogP contribution in [0, 0.1) is 5.82 Å². The van der Waals surface area contributed by atoms with E-state index in [-0.39, 0.29) is 5.82 Å². The monoisotopic (exact) mass is 304 g/mol. The van der Waals surface area contributed by atoms with Gasteiger partial charge in [-0.15, -0.1) is 5.10 Å². The molecule has 0 bridgehead atoms. The van der Waals surface area contributed by atoms with Crippen LogP contribution in [0.3, 0.4) is 0 Å². The summed E-state index contributed by atoms with van der Waals surface area (Å²) in [6.45, 7) is 2.21. The maximum absolute atomic E-state index is 13.5. The van der Waals surface area contributed by atoms with Crippen molar-refractivity contribution in [2.75, 3.05) is 44.4 Å². The molecule has 1 heterocycles. The van der Waals surface area contributed by atoms with Crippen molar-refractivity contribution >= 4 is 11.8 Å². The van der Waals surface area contributed by atoms with Crippen LogP contribution < -0.4 is 10.6 Å². The number of nitrogens with zero attached hydrogens (tertiary/aromatic N) is 4. The quantitative estimate of drug-likeness (QED) is 0.773. The maximum atomic E-state index is 13.5. The lowest BCUT2D eigenvalue weighted by atomic mass is 10.1. The van der Waals surface area contributed by atoms with Crippen LogP contribution in [0.25, 0.3) is 0 Å². The van der Waals surface area contributed by atoms with Gasteiger partial charge in [-0.2, -0.15) is 10.1 Å². The largest absolute Gasteiger partial charge is 0.368 e. The highest BCUT2D eigenvalue weighted by atomic mass is 19.1. The lowest BCUT2D eigenvalue weighted by Gasteiger charge is -2.10. The van der Waals surface area contributed by atoms with Gasteiger partial charge >= 0.3 is 0 Å². The van der Waals surface area contributed by atoms with Crippen molar-refractivity contribution < 1.29 is 4.39 Å². The number of anilines is 2. The predicted octanol–water partition coefficient (Wildman–Crippen LogP) is 1.64. The fourth-order valence-electron chi connectivity index (χ4n) is 1.88. The summed E-state index contributed by atoms with van der Waals surface area (Å²) in [5, 5.41) is 14.1. The van der Waals surface area contributed by atoms with Crippen molar-refractivity contribution in [3.8, 4) is 0 Å². The van der Waals surface area contributed by atoms with Gasteiger partial charge in [-0.3, -0.25) is 0 Å². The maximum Gasteiger partial charge on any atom is 0.244 e. The highest BCUT2D eigenvalue weighted by Crippen LogP contribution is 2.08. The van der Waals surface area contributed by atoms with E-state index in [1.807, 2.05) is 20.2 Å². The van der Waals surface area contributed by atoms with E-state index in [0.717, 1.165) is 13.1 Å². The Morgan fingerprint density at radius 1 is 1.14 bits per heavy atom. The Kier molecular flexibility index (Phi) is 6.02. The summed E-state index contributed by atoms with van der Waals surface area (Å²) in [6.07, 6.45) is 2.14. The number of benzene rings is 1. The lowest BCUT2D eigenvalue weighted by Crippen LogP contribution is -2.21. The summed E-state index contributed by atoms with van der Waals surface area (Å²) in [7, 11) is 4.00. The van der Waals surface area contributed by atoms with Crippen LogP contribution in [0.1, 0.15) is 5.56 Å². The summed E-state index contributed by atoms with van der Waals surface area (Å²) in [5.41, 5.74) is 0.682. The summed E-state index contributed by atoms with van der Waals surface area (Å²) in [5.74, 6) is 0.924. The molecule has 1 aromatic heterocycles. The molecule has 0 aliphatic carbocycles. The molecular formula is C15H21FN6. The topological polar surface area (TPSA) is 66.0 Å². The molecule has 0 fully saturated rings. The van der Waals surface area contributed by atoms with Crippen LogP contribution in [0.5, 0.6) is 0 Å². The minimum Gasteiger partial charge on any atom is -0.368 e. The van der Waals surface area contributed by atoms with E-state index in [1.54, 1.807) is 18.3 Å². The zero-order valence-corrected chi connectivity index (χ0v) is 12.9. The normalized spacial score (nSPS) is 10.7. The molecule has 0 aliphatic rings. The van der Waals surface area contributed by atoms with Crippen molar-refractivity contribution in [2.24, 2.45) is 0 Å². The number of halogens is 1. The van der Waals surface area contributed by atoms with E-state index in [4.69, 9.17) is 0 Å². The molecule has 2 N–H and O–H groups in total. The summed E-state index contributed by atoms with van der Waals surface area (Å²) < 4.78 is 13.5. The van der Waals surface area contributed by atoms with Crippen LogP contribution in [-0.2, 0) is 6.42 Å². The highest BCUT2D eigenvalue weighted by molar-refractivity contribution is 5.37. The van der Waals surface area contributed by atoms with Crippen molar-refractivity contribution in [3.05, 3.63) is 41.8 Å². The smallest absolute Gasteiger partial charge is 0.244 e. The standard InChI is InChI=1S/C15H21FN6/c1-22(2)10-9-18-15-20-14(11-19-21-15)17-8-7-12-5-3-4-6-13(12)16/h3-6,11H,7-10H2,1-2H3,(H2,17,18,20,21). The number of rotatable bonds is 8. The summed E-state index contributed by atoms with van der Waals surface area (Å²) >= 11 is 0. The third-order valence-corrected chi connectivity index (χ3v) is 3.06. The molecule has 0 saturated carbocycles. The van der Waals surface area contributed by atoms with Gasteiger partial charge in [0, 0.05) is 19.6 Å². The molecule has 0 saturated heterocycles. The fourth-order valence-corrected chi connectivity index (χ4v) is 1.88. The third-order valence-electron chi connectivity index (χ3n) is 3.06. The molecule has 6 nitrogen and oxygen atoms in total. The summed E-state index contributed by atoms with van der Waals surface area (Å²) in [4.78, 5) is 6.38. The van der Waals surface area contributed by atoms with Gasteiger partial charge in [-0.1, -0.05) is 18.2 Å². The molecule has 118 valence electrons. The van der Waals surface area contributed by atoms with E-state index in [9.17, 15) is 4.39 Å². The van der Waals surface area contributed by atoms with Gasteiger partial charge in [0.05, 0.1) is 6.20 Å². The molecule has 0 atom stereocenters. The third kappa shape index (κ3) is 5.25. The molecule has 0 unspecified atom stereocenters. The Balaban J connectivity index is 1.81. The van der Waals surface area contributed by atoms with Crippen molar-refractivity contribution in [1.82, 2.24) is 20.1 Å². The van der Waals surface area contributed by atoms with E-state index >= 15 is 0 Å². The fraction of sp³-hybridized carbons (Fsp3) is 0.400. The number of aromatic nitrogens is 3. The molecule has 0 spiro atoms. The number of likely N-dealkylation sites (N-methyl/N-ethyl adjacent to an activating group) is 1. The van der Waals surface area contributed by atoms with E-state index in [2.05, 4.69) is 30.7 Å². The first kappa shape index (κ1) is 16.1. The van der Waals surface area contributed by atoms with Gasteiger partial charge in [-0.25, -0.2) is 4.39 Å². The molecular weight excluding hydrogens is 283 g/mol. The molecule has 7 heteroatoms. The minimum absolute atomic E-state index is 0.184. The first-order chi connectivity index (χ1) is 10.6. The lowest BCUT2D eigenvalue weighted by molar-refractivity contribution is 0.425. The average Bonchev–Trinajstić information content (AvgIpc) is 2.49. The minimum atomic E-state index is -0.184. The SMILES string of the molecule is CN(C)CCNc1nncc(NCCc2ccccc2F)n1. The van der Waals surface area contributed by atoms with Crippen LogP contribution >= 0.6 is 0 Å². The molecule has 1 aromatic carbocycles. The van der Waals surface area contributed by atoms with E-state index in [1.165, 1.54) is 6.07 Å². The number of hydrogen-bond acceptors (Lipinski definition) is 6. The Morgan fingerprint density at radius 3 is 2.73 bits per heavy atom. The van der Waals surface area contributed by atoms with E-state index in [0.29, 0.717) is 30.3 Å². The molecule has 22 heavy (non-hydrogen) atoms. The van der Waals surface area contributed by atoms with Gasteiger partial charge in [0.25, 0.3) is 0 Å². The van der Waals surface area contributed by atoms with Gasteiger partial charge in [0.1, 0.15) is 5.82 Å². The molecule has 2 aromatic rings. The summed E-state index contributed by atoms with van der Waals surface area (Å²) in [6, 6.07) is 6.77. The Hall–Kier alpha value is -2.28. The second kappa shape index (κ2) is 8.23. The Bertz CT molecular complexity index is 590. The predicted molar refractivity (Wildman–Crippen MR) is 85.5 cm³/mol. The van der Waals surface area contributed by atoms with Crippen LogP contribution in [0.2, 0.25) is 0 Å². The number of hydrogen-bond donors (Lipinski definition) is 2. The Morgan fingerprint density at radius 2 is 1.95 bits per heavy atom. The highest BCUT2D eigenvalue weighted by Gasteiger charge is 2.02. The van der Waals surface area contributed by atoms with Gasteiger partial charge in [0.15, 0.2) is 5.82 Å². The second-order valence-electron chi connectivity index (χ2n) is 5.16.